The molecule has 0 fully saturated rings. The maximum Gasteiger partial charge on any atom is 0 e. The van der Waals surface area contributed by atoms with Crippen LogP contribution in [0.4, 0.5) is 0 Å². The van der Waals surface area contributed by atoms with Gasteiger partial charge in [0, 0.05) is 82.4 Å². The smallest absolute Gasteiger partial charge is 0 e. The number of hydrogen-bond donors (Lipinski definition) is 0. The van der Waals surface area contributed by atoms with Gasteiger partial charge in [0.2, 0.25) is 0 Å². The Hall–Kier alpha value is 2.48. The summed E-state index contributed by atoms with van der Waals surface area (Å²) in [5, 5.41) is 0. The van der Waals surface area contributed by atoms with Crippen LogP contribution >= 0.6 is 0 Å². The number of rotatable bonds is 5. The topological polar surface area (TPSA) is 0 Å². The molecule has 0 aliphatic carbocycles. The van der Waals surface area contributed by atoms with Crippen LogP contribution in [0.25, 0.3) is 0 Å². The summed E-state index contributed by atoms with van der Waals surface area (Å²) in [5.41, 5.74) is 1.39. The van der Waals surface area contributed by atoms with Gasteiger partial charge in [-0.3, -0.25) is 5.57 Å². The van der Waals surface area contributed by atoms with E-state index in [4.69, 9.17) is 0 Å². The zero-order valence-electron chi connectivity index (χ0n) is 8.93. The van der Waals surface area contributed by atoms with Crippen LogP contribution in [0.15, 0.2) is 5.57 Å². The second kappa shape index (κ2) is 20.0. The van der Waals surface area contributed by atoms with Crippen molar-refractivity contribution in [3.05, 3.63) is 18.1 Å². The number of unbranched alkanes of at least 4 members (excludes halogenated alkanes) is 2. The second-order valence-corrected chi connectivity index (χ2v) is 2.59. The summed E-state index contributed by atoms with van der Waals surface area (Å²) in [5.74, 6) is 0. The molecule has 0 aliphatic rings. The third-order valence-electron chi connectivity index (χ3n) is 1.42. The average Bonchev–Trinajstić information content (AvgIpc) is 1.89. The Balaban J connectivity index is -0.000000135. The zero-order valence-corrected chi connectivity index (χ0v) is 17.3. The summed E-state index contributed by atoms with van der Waals surface area (Å²) in [6.45, 7) is 6.48. The Morgan fingerprint density at radius 3 is 2.23 bits per heavy atom. The summed E-state index contributed by atoms with van der Waals surface area (Å²) in [6, 6.07) is 0. The van der Waals surface area contributed by atoms with Crippen molar-refractivity contribution in [2.75, 3.05) is 0 Å². The Morgan fingerprint density at radius 1 is 1.31 bits per heavy atom. The van der Waals surface area contributed by atoms with E-state index >= 15 is 0 Å². The molecule has 0 N–H and O–H groups in total. The van der Waals surface area contributed by atoms with Gasteiger partial charge in [0.1, 0.15) is 0 Å². The van der Waals surface area contributed by atoms with Gasteiger partial charge < -0.3 is 12.5 Å². The van der Waals surface area contributed by atoms with Crippen molar-refractivity contribution in [3.63, 3.8) is 0 Å². The van der Waals surface area contributed by atoms with E-state index in [1.54, 1.807) is 0 Å². The number of allylic oxidation sites excluding steroid dienone is 2. The van der Waals surface area contributed by atoms with Crippen molar-refractivity contribution >= 4 is 0 Å². The fourth-order valence-corrected chi connectivity index (χ4v) is 0.897. The first-order valence-corrected chi connectivity index (χ1v) is 4.19. The Kier molecular flexibility index (Phi) is 37.8. The first-order chi connectivity index (χ1) is 4.81. The summed E-state index contributed by atoms with van der Waals surface area (Å²) >= 11 is 0. The summed E-state index contributed by atoms with van der Waals surface area (Å²) < 4.78 is 0. The molecule has 2 radical (unpaired) electrons. The van der Waals surface area contributed by atoms with Gasteiger partial charge in [-0.1, -0.05) is 27.2 Å². The quantitative estimate of drug-likeness (QED) is 0.388. The first kappa shape index (κ1) is 24.6. The predicted molar refractivity (Wildman–Crippen MR) is 46.5 cm³/mol. The fourth-order valence-electron chi connectivity index (χ4n) is 0.897. The minimum atomic E-state index is 0. The van der Waals surface area contributed by atoms with Crippen molar-refractivity contribution in [2.45, 2.75) is 46.5 Å². The maximum absolute atomic E-state index is 3.29. The van der Waals surface area contributed by atoms with Crippen LogP contribution < -0.4 is 0 Å². The molecule has 13 heavy (non-hydrogen) atoms. The molecule has 0 rings (SSSR count). The molecule has 0 nitrogen and oxygen atoms in total. The SMILES string of the molecule is CC[C-]=C(C)C[CH-]CCC.[U].[V].[Y]. The summed E-state index contributed by atoms with van der Waals surface area (Å²) in [7, 11) is 0. The molecular formula is C10H18UVY-2. The van der Waals surface area contributed by atoms with Crippen LogP contribution in [0.5, 0.6) is 0 Å². The van der Waals surface area contributed by atoms with Crippen molar-refractivity contribution in [1.29, 1.82) is 0 Å². The molecular weight excluding hydrogens is 498 g/mol. The Bertz CT molecular complexity index is 105. The molecule has 0 atom stereocenters. The van der Waals surface area contributed by atoms with Crippen LogP contribution in [0, 0.1) is 43.6 Å². The van der Waals surface area contributed by atoms with E-state index in [0.717, 1.165) is 12.8 Å². The molecule has 72 valence electrons. The average molecular weight is 516 g/mol. The molecule has 0 bridgehead atoms. The summed E-state index contributed by atoms with van der Waals surface area (Å²) in [4.78, 5) is 0. The maximum atomic E-state index is 3.29. The van der Waals surface area contributed by atoms with Crippen molar-refractivity contribution in [2.24, 2.45) is 0 Å². The number of hydrogen-bond acceptors (Lipinski definition) is 0. The van der Waals surface area contributed by atoms with E-state index in [9.17, 15) is 0 Å². The predicted octanol–water partition coefficient (Wildman–Crippen LogP) is 3.54. The normalized spacial score (nSPS) is 9.31. The molecule has 0 aromatic heterocycles. The molecule has 0 aromatic rings. The molecule has 0 saturated carbocycles. The standard InChI is InChI=1S/C10H18.U.V.Y/c1-4-6-7-9-10(3)8-5-2;;;/h7H,4-6,9H2,1-3H3;;;/q-2;;;. The molecule has 0 unspecified atom stereocenters. The Morgan fingerprint density at radius 2 is 1.85 bits per heavy atom. The largest absolute Gasteiger partial charge is 0.500 e. The van der Waals surface area contributed by atoms with Gasteiger partial charge in [-0.2, -0.15) is 19.3 Å². The second-order valence-electron chi connectivity index (χ2n) is 2.59. The van der Waals surface area contributed by atoms with Crippen molar-refractivity contribution in [1.82, 2.24) is 0 Å². The van der Waals surface area contributed by atoms with Gasteiger partial charge in [-0.15, -0.1) is 0 Å². The summed E-state index contributed by atoms with van der Waals surface area (Å²) in [6.07, 6.45) is 10.3. The monoisotopic (exact) mass is 516 g/mol. The van der Waals surface area contributed by atoms with Gasteiger partial charge >= 0.3 is 0 Å². The molecule has 0 aromatic carbocycles. The van der Waals surface area contributed by atoms with Crippen LogP contribution in [0.2, 0.25) is 0 Å². The van der Waals surface area contributed by atoms with E-state index in [2.05, 4.69) is 33.3 Å². The van der Waals surface area contributed by atoms with Crippen molar-refractivity contribution < 1.29 is 82.4 Å². The minimum Gasteiger partial charge on any atom is -0.500 e. The van der Waals surface area contributed by atoms with Gasteiger partial charge in [-0.05, 0) is 0 Å². The van der Waals surface area contributed by atoms with E-state index in [0.29, 0.717) is 0 Å². The molecule has 3 heteroatoms. The zero-order chi connectivity index (χ0) is 7.82. The van der Waals surface area contributed by atoms with Gasteiger partial charge in [-0.25, -0.2) is 0 Å². The van der Waals surface area contributed by atoms with Crippen LogP contribution in [0.3, 0.4) is 0 Å². The molecule has 0 amide bonds. The molecule has 0 heterocycles. The van der Waals surface area contributed by atoms with E-state index < -0.39 is 0 Å². The third kappa shape index (κ3) is 20.5. The molecule has 0 saturated heterocycles. The molecule has 0 aliphatic heterocycles. The molecule has 0 spiro atoms. The van der Waals surface area contributed by atoms with E-state index in [1.165, 1.54) is 18.4 Å². The fraction of sp³-hybridized carbons (Fsp3) is 0.700. The van der Waals surface area contributed by atoms with Crippen LogP contribution in [0.1, 0.15) is 46.5 Å². The minimum absolute atomic E-state index is 0. The van der Waals surface area contributed by atoms with Crippen LogP contribution in [-0.2, 0) is 51.3 Å². The van der Waals surface area contributed by atoms with Gasteiger partial charge in [0.05, 0.1) is 0 Å². The van der Waals surface area contributed by atoms with Gasteiger partial charge in [0.25, 0.3) is 0 Å². The Labute approximate surface area is 145 Å². The van der Waals surface area contributed by atoms with Gasteiger partial charge in [0.15, 0.2) is 0 Å². The van der Waals surface area contributed by atoms with Crippen LogP contribution in [-0.4, -0.2) is 0 Å². The third-order valence-corrected chi connectivity index (χ3v) is 1.42. The first-order valence-electron chi connectivity index (χ1n) is 4.19. The van der Waals surface area contributed by atoms with E-state index in [1.807, 2.05) is 0 Å². The van der Waals surface area contributed by atoms with Crippen molar-refractivity contribution in [3.8, 4) is 0 Å². The van der Waals surface area contributed by atoms with E-state index in [-0.39, 0.29) is 82.4 Å².